The van der Waals surface area contributed by atoms with Crippen molar-refractivity contribution in [2.75, 3.05) is 31.1 Å². The Labute approximate surface area is 222 Å². The molecule has 3 aromatic carbocycles. The minimum absolute atomic E-state index is 0.0881. The molecule has 7 nitrogen and oxygen atoms in total. The molecule has 1 aliphatic heterocycles. The number of fused-ring (bicyclic) bond motifs is 2. The smallest absolute Gasteiger partial charge is 0.253 e. The zero-order valence-electron chi connectivity index (χ0n) is 22.0. The maximum Gasteiger partial charge on any atom is 0.253 e. The topological polar surface area (TPSA) is 67.2 Å². The lowest BCUT2D eigenvalue weighted by Gasteiger charge is -2.24. The Bertz CT molecular complexity index is 1610. The molecule has 3 heterocycles. The Morgan fingerprint density at radius 2 is 1.66 bits per heavy atom. The molecule has 1 fully saturated rings. The van der Waals surface area contributed by atoms with Crippen LogP contribution in [0.5, 0.6) is 0 Å². The highest BCUT2D eigenvalue weighted by atomic mass is 16.2. The van der Waals surface area contributed by atoms with E-state index >= 15 is 0 Å². The summed E-state index contributed by atoms with van der Waals surface area (Å²) in [5.41, 5.74) is 3.48. The van der Waals surface area contributed by atoms with Gasteiger partial charge in [0.25, 0.3) is 5.91 Å². The van der Waals surface area contributed by atoms with Crippen LogP contribution in [0.15, 0.2) is 72.8 Å². The third-order valence-corrected chi connectivity index (χ3v) is 7.28. The molecule has 0 saturated carbocycles. The van der Waals surface area contributed by atoms with Crippen LogP contribution < -0.4 is 4.90 Å². The number of amides is 1. The second-order valence-electron chi connectivity index (χ2n) is 9.94. The highest BCUT2D eigenvalue weighted by Gasteiger charge is 2.25. The molecule has 0 atom stereocenters. The third kappa shape index (κ3) is 4.49. The van der Waals surface area contributed by atoms with Crippen LogP contribution >= 0.6 is 0 Å². The minimum Gasteiger partial charge on any atom is -0.354 e. The molecular weight excluding hydrogens is 472 g/mol. The van der Waals surface area contributed by atoms with Crippen LogP contribution in [-0.2, 0) is 6.42 Å². The summed E-state index contributed by atoms with van der Waals surface area (Å²) in [6, 6.07) is 24.3. The van der Waals surface area contributed by atoms with E-state index in [9.17, 15) is 4.79 Å². The van der Waals surface area contributed by atoms with Crippen molar-refractivity contribution in [3.05, 3.63) is 89.9 Å². The lowest BCUT2D eigenvalue weighted by molar-refractivity contribution is 0.0767. The summed E-state index contributed by atoms with van der Waals surface area (Å²) in [6.07, 6.45) is 2.65. The number of aromatic nitrogens is 4. The predicted octanol–water partition coefficient (Wildman–Crippen LogP) is 5.58. The first-order valence-electron chi connectivity index (χ1n) is 13.5. The Kier molecular flexibility index (Phi) is 6.50. The van der Waals surface area contributed by atoms with Gasteiger partial charge >= 0.3 is 0 Å². The highest BCUT2D eigenvalue weighted by Crippen LogP contribution is 2.30. The molecule has 2 aromatic heterocycles. The number of benzene rings is 3. The van der Waals surface area contributed by atoms with Gasteiger partial charge in [-0.2, -0.15) is 5.10 Å². The van der Waals surface area contributed by atoms with E-state index in [0.717, 1.165) is 82.7 Å². The molecule has 192 valence electrons. The van der Waals surface area contributed by atoms with E-state index in [1.165, 1.54) is 0 Å². The molecule has 6 rings (SSSR count). The van der Waals surface area contributed by atoms with Crippen LogP contribution in [0.25, 0.3) is 27.5 Å². The van der Waals surface area contributed by atoms with E-state index in [4.69, 9.17) is 15.1 Å². The largest absolute Gasteiger partial charge is 0.354 e. The van der Waals surface area contributed by atoms with Gasteiger partial charge in [-0.3, -0.25) is 4.79 Å². The van der Waals surface area contributed by atoms with E-state index in [2.05, 4.69) is 36.1 Å². The van der Waals surface area contributed by atoms with Crippen LogP contribution in [0.1, 0.15) is 41.6 Å². The summed E-state index contributed by atoms with van der Waals surface area (Å²) < 4.78 is 1.93. The zero-order valence-corrected chi connectivity index (χ0v) is 22.0. The van der Waals surface area contributed by atoms with Gasteiger partial charge in [0, 0.05) is 38.2 Å². The summed E-state index contributed by atoms with van der Waals surface area (Å²) in [4.78, 5) is 27.8. The van der Waals surface area contributed by atoms with Crippen molar-refractivity contribution in [2.45, 2.75) is 33.1 Å². The van der Waals surface area contributed by atoms with Gasteiger partial charge in [-0.1, -0.05) is 55.5 Å². The molecule has 0 radical (unpaired) electrons. The van der Waals surface area contributed by atoms with Crippen LogP contribution in [0.4, 0.5) is 5.82 Å². The maximum absolute atomic E-state index is 13.5. The Morgan fingerprint density at radius 1 is 0.868 bits per heavy atom. The lowest BCUT2D eigenvalue weighted by atomic mass is 10.1. The predicted molar refractivity (Wildman–Crippen MR) is 152 cm³/mol. The number of rotatable bonds is 5. The van der Waals surface area contributed by atoms with E-state index in [1.54, 1.807) is 0 Å². The van der Waals surface area contributed by atoms with Gasteiger partial charge in [-0.25, -0.2) is 14.6 Å². The summed E-state index contributed by atoms with van der Waals surface area (Å²) in [7, 11) is 0. The van der Waals surface area contributed by atoms with Crippen LogP contribution in [0.2, 0.25) is 0 Å². The van der Waals surface area contributed by atoms with Crippen molar-refractivity contribution < 1.29 is 4.79 Å². The Hall–Kier alpha value is -4.26. The first-order chi connectivity index (χ1) is 18.6. The number of carbonyl (C=O) groups is 1. The monoisotopic (exact) mass is 504 g/mol. The van der Waals surface area contributed by atoms with Crippen molar-refractivity contribution >= 4 is 33.5 Å². The molecule has 1 amide bonds. The molecule has 0 bridgehead atoms. The van der Waals surface area contributed by atoms with Crippen molar-refractivity contribution in [2.24, 2.45) is 0 Å². The van der Waals surface area contributed by atoms with Crippen molar-refractivity contribution in [1.82, 2.24) is 24.6 Å². The average Bonchev–Trinajstić information content (AvgIpc) is 3.11. The van der Waals surface area contributed by atoms with E-state index < -0.39 is 0 Å². The zero-order chi connectivity index (χ0) is 26.1. The number of carbonyl (C=O) groups excluding carboxylic acids is 1. The Balaban J connectivity index is 1.31. The Morgan fingerprint density at radius 3 is 2.47 bits per heavy atom. The first-order valence-corrected chi connectivity index (χ1v) is 13.5. The van der Waals surface area contributed by atoms with Crippen LogP contribution in [-0.4, -0.2) is 56.7 Å². The molecule has 7 heteroatoms. The van der Waals surface area contributed by atoms with E-state index in [-0.39, 0.29) is 5.91 Å². The molecule has 0 spiro atoms. The fourth-order valence-electron chi connectivity index (χ4n) is 5.36. The molecule has 0 N–H and O–H groups in total. The fourth-order valence-corrected chi connectivity index (χ4v) is 5.36. The van der Waals surface area contributed by atoms with Gasteiger partial charge in [0.2, 0.25) is 0 Å². The quantitative estimate of drug-likeness (QED) is 0.313. The molecule has 38 heavy (non-hydrogen) atoms. The lowest BCUT2D eigenvalue weighted by Crippen LogP contribution is -2.35. The number of anilines is 1. The summed E-state index contributed by atoms with van der Waals surface area (Å²) >= 11 is 0. The van der Waals surface area contributed by atoms with Crippen LogP contribution in [0.3, 0.4) is 0 Å². The second kappa shape index (κ2) is 10.2. The van der Waals surface area contributed by atoms with E-state index in [1.807, 2.05) is 65.0 Å². The molecule has 1 aliphatic rings. The molecule has 5 aromatic rings. The summed E-state index contributed by atoms with van der Waals surface area (Å²) in [5, 5.41) is 8.10. The van der Waals surface area contributed by atoms with Crippen molar-refractivity contribution in [3.63, 3.8) is 0 Å². The van der Waals surface area contributed by atoms with Gasteiger partial charge in [0.1, 0.15) is 11.6 Å². The number of hydrogen-bond donors (Lipinski definition) is 0. The summed E-state index contributed by atoms with van der Waals surface area (Å²) in [6.45, 7) is 7.09. The number of nitrogens with zero attached hydrogens (tertiary/aromatic N) is 6. The standard InChI is InChI=1S/C31H32N6O/c1-3-10-27-32-29(28-22(2)34-37(30(28)33-27)26-13-5-4-6-14-26)35-17-9-18-36(20-19-35)31(38)25-16-15-23-11-7-8-12-24(23)21-25/h4-8,11-16,21H,3,9-10,17-20H2,1-2H3. The van der Waals surface area contributed by atoms with Crippen LogP contribution in [0, 0.1) is 6.92 Å². The average molecular weight is 505 g/mol. The minimum atomic E-state index is 0.0881. The van der Waals surface area contributed by atoms with Gasteiger partial charge in [-0.15, -0.1) is 0 Å². The summed E-state index contributed by atoms with van der Waals surface area (Å²) in [5.74, 6) is 1.85. The van der Waals surface area contributed by atoms with Gasteiger partial charge in [0.05, 0.1) is 16.8 Å². The number of para-hydroxylation sites is 1. The van der Waals surface area contributed by atoms with Gasteiger partial charge in [0.15, 0.2) is 5.65 Å². The molecule has 0 aliphatic carbocycles. The molecular formula is C31H32N6O. The fraction of sp³-hybridized carbons (Fsp3) is 0.290. The highest BCUT2D eigenvalue weighted by molar-refractivity contribution is 5.98. The molecule has 0 unspecified atom stereocenters. The van der Waals surface area contributed by atoms with Gasteiger partial charge < -0.3 is 9.80 Å². The maximum atomic E-state index is 13.5. The number of aryl methyl sites for hydroxylation is 2. The van der Waals surface area contributed by atoms with Crippen molar-refractivity contribution in [3.8, 4) is 5.69 Å². The normalized spacial score (nSPS) is 14.3. The third-order valence-electron chi connectivity index (χ3n) is 7.28. The first kappa shape index (κ1) is 24.1. The van der Waals surface area contributed by atoms with Crippen molar-refractivity contribution in [1.29, 1.82) is 0 Å². The van der Waals surface area contributed by atoms with E-state index in [0.29, 0.717) is 13.1 Å². The SMILES string of the molecule is CCCc1nc(N2CCCN(C(=O)c3ccc4ccccc4c3)CC2)c2c(C)nn(-c3ccccc3)c2n1. The number of hydrogen-bond acceptors (Lipinski definition) is 5. The molecule has 1 saturated heterocycles. The van der Waals surface area contributed by atoms with Gasteiger partial charge in [-0.05, 0) is 54.8 Å². The second-order valence-corrected chi connectivity index (χ2v) is 9.94.